The number of nitrogens with one attached hydrogen (secondary N) is 1. The van der Waals surface area contributed by atoms with Gasteiger partial charge in [0.2, 0.25) is 6.43 Å². The highest BCUT2D eigenvalue weighted by Gasteiger charge is 2.28. The molecule has 1 saturated heterocycles. The molecule has 2 nitrogen and oxygen atoms in total. The number of benzene rings is 1. The summed E-state index contributed by atoms with van der Waals surface area (Å²) in [5.41, 5.74) is 0.206. The van der Waals surface area contributed by atoms with E-state index >= 15 is 0 Å². The van der Waals surface area contributed by atoms with Crippen LogP contribution < -0.4 is 5.32 Å². The summed E-state index contributed by atoms with van der Waals surface area (Å²) in [5, 5.41) is 3.11. The Morgan fingerprint density at radius 1 is 1.15 bits per heavy atom. The maximum Gasteiger partial charge on any atom is 0.240 e. The van der Waals surface area contributed by atoms with E-state index in [4.69, 9.17) is 0 Å². The molecule has 2 rings (SSSR count). The topological polar surface area (TPSA) is 15.3 Å². The minimum absolute atomic E-state index is 0.0234. The number of rotatable bonds is 4. The summed E-state index contributed by atoms with van der Waals surface area (Å²) in [6, 6.07) is 2.07. The molecule has 6 heteroatoms. The van der Waals surface area contributed by atoms with Gasteiger partial charge in [0, 0.05) is 44.2 Å². The molecule has 0 aromatic heterocycles. The summed E-state index contributed by atoms with van der Waals surface area (Å²) < 4.78 is 53.3. The number of nitrogens with zero attached hydrogens (tertiary/aromatic N) is 1. The van der Waals surface area contributed by atoms with Gasteiger partial charge in [-0.1, -0.05) is 12.1 Å². The second-order valence-electron chi connectivity index (χ2n) is 5.03. The van der Waals surface area contributed by atoms with Gasteiger partial charge in [-0.05, 0) is 12.5 Å². The molecule has 0 amide bonds. The van der Waals surface area contributed by atoms with Gasteiger partial charge in [-0.3, -0.25) is 4.90 Å². The minimum atomic E-state index is -2.56. The number of hydrogen-bond acceptors (Lipinski definition) is 2. The van der Waals surface area contributed by atoms with E-state index in [0.29, 0.717) is 26.2 Å². The Morgan fingerprint density at radius 2 is 1.80 bits per heavy atom. The summed E-state index contributed by atoms with van der Waals surface area (Å²) in [6.07, 6.45) is -3.04. The SMILES string of the molecule is Cc1ccc([C@H](CC(F)F)N2CCNCC2)c(F)c1F. The molecule has 0 bridgehead atoms. The molecule has 1 N–H and O–H groups in total. The van der Waals surface area contributed by atoms with Crippen molar-refractivity contribution < 1.29 is 17.6 Å². The Labute approximate surface area is 115 Å². The standard InChI is InChI=1S/C14H18F4N2/c1-9-2-3-10(14(18)13(9)17)11(8-12(15)16)20-6-4-19-5-7-20/h2-3,11-12,19H,4-8H2,1H3/t11-/m0/s1. The van der Waals surface area contributed by atoms with Crippen LogP contribution in [0.3, 0.4) is 0 Å². The van der Waals surface area contributed by atoms with E-state index < -0.39 is 30.5 Å². The van der Waals surface area contributed by atoms with Crippen LogP contribution in [-0.4, -0.2) is 37.5 Å². The number of alkyl halides is 2. The minimum Gasteiger partial charge on any atom is -0.314 e. The van der Waals surface area contributed by atoms with Crippen LogP contribution in [0.4, 0.5) is 17.6 Å². The van der Waals surface area contributed by atoms with Crippen molar-refractivity contribution in [2.45, 2.75) is 25.8 Å². The lowest BCUT2D eigenvalue weighted by Gasteiger charge is -2.35. The first kappa shape index (κ1) is 15.3. The second-order valence-corrected chi connectivity index (χ2v) is 5.03. The third kappa shape index (κ3) is 3.30. The predicted molar refractivity (Wildman–Crippen MR) is 68.9 cm³/mol. The van der Waals surface area contributed by atoms with Gasteiger partial charge < -0.3 is 5.32 Å². The molecule has 20 heavy (non-hydrogen) atoms. The Kier molecular flexibility index (Phi) is 4.99. The van der Waals surface area contributed by atoms with Crippen LogP contribution in [0.15, 0.2) is 12.1 Å². The number of aryl methyl sites for hydroxylation is 1. The predicted octanol–water partition coefficient (Wildman–Crippen LogP) is 2.87. The molecule has 0 aliphatic carbocycles. The molecule has 1 aromatic carbocycles. The first-order valence-electron chi connectivity index (χ1n) is 6.68. The van der Waals surface area contributed by atoms with Crippen LogP contribution in [0, 0.1) is 18.6 Å². The normalized spacial score (nSPS) is 18.5. The average molecular weight is 290 g/mol. The van der Waals surface area contributed by atoms with E-state index in [0.717, 1.165) is 0 Å². The molecular weight excluding hydrogens is 272 g/mol. The molecule has 0 saturated carbocycles. The van der Waals surface area contributed by atoms with Crippen molar-refractivity contribution in [3.05, 3.63) is 34.9 Å². The number of piperazine rings is 1. The molecule has 1 aliphatic heterocycles. The lowest BCUT2D eigenvalue weighted by atomic mass is 9.99. The van der Waals surface area contributed by atoms with Gasteiger partial charge in [0.05, 0.1) is 0 Å². The molecular formula is C14H18F4N2. The van der Waals surface area contributed by atoms with E-state index in [1.54, 1.807) is 4.90 Å². The largest absolute Gasteiger partial charge is 0.314 e. The zero-order valence-corrected chi connectivity index (χ0v) is 11.3. The smallest absolute Gasteiger partial charge is 0.240 e. The van der Waals surface area contributed by atoms with Crippen LogP contribution >= 0.6 is 0 Å². The van der Waals surface area contributed by atoms with Crippen LogP contribution in [0.5, 0.6) is 0 Å². The van der Waals surface area contributed by atoms with Crippen molar-refractivity contribution in [3.8, 4) is 0 Å². The van der Waals surface area contributed by atoms with Crippen LogP contribution in [0.25, 0.3) is 0 Å². The molecule has 0 radical (unpaired) electrons. The molecule has 1 aliphatic rings. The van der Waals surface area contributed by atoms with Crippen LogP contribution in [0.1, 0.15) is 23.6 Å². The van der Waals surface area contributed by atoms with E-state index in [-0.39, 0.29) is 11.1 Å². The summed E-state index contributed by atoms with van der Waals surface area (Å²) in [5.74, 6) is -1.95. The van der Waals surface area contributed by atoms with Crippen molar-refractivity contribution >= 4 is 0 Å². The van der Waals surface area contributed by atoms with Gasteiger partial charge in [0.15, 0.2) is 11.6 Å². The fraction of sp³-hybridized carbons (Fsp3) is 0.571. The van der Waals surface area contributed by atoms with Crippen molar-refractivity contribution in [1.29, 1.82) is 0 Å². The van der Waals surface area contributed by atoms with Crippen molar-refractivity contribution in [2.75, 3.05) is 26.2 Å². The zero-order valence-electron chi connectivity index (χ0n) is 11.3. The summed E-state index contributed by atoms with van der Waals surface area (Å²) >= 11 is 0. The quantitative estimate of drug-likeness (QED) is 0.858. The van der Waals surface area contributed by atoms with Gasteiger partial charge in [-0.25, -0.2) is 17.6 Å². The van der Waals surface area contributed by atoms with E-state index in [1.165, 1.54) is 19.1 Å². The highest BCUT2D eigenvalue weighted by molar-refractivity contribution is 5.28. The van der Waals surface area contributed by atoms with Gasteiger partial charge in [-0.2, -0.15) is 0 Å². The Bertz CT molecular complexity index is 459. The lowest BCUT2D eigenvalue weighted by molar-refractivity contribution is 0.0722. The van der Waals surface area contributed by atoms with Crippen molar-refractivity contribution in [1.82, 2.24) is 10.2 Å². The van der Waals surface area contributed by atoms with Gasteiger partial charge in [0.25, 0.3) is 0 Å². The lowest BCUT2D eigenvalue weighted by Crippen LogP contribution is -2.45. The molecule has 1 aromatic rings. The van der Waals surface area contributed by atoms with Gasteiger partial charge in [-0.15, -0.1) is 0 Å². The Hall–Kier alpha value is -1.14. The molecule has 0 unspecified atom stereocenters. The number of hydrogen-bond donors (Lipinski definition) is 1. The molecule has 112 valence electrons. The zero-order chi connectivity index (χ0) is 14.7. The van der Waals surface area contributed by atoms with Crippen molar-refractivity contribution in [2.24, 2.45) is 0 Å². The third-order valence-corrected chi connectivity index (χ3v) is 3.66. The van der Waals surface area contributed by atoms with E-state index in [9.17, 15) is 17.6 Å². The Morgan fingerprint density at radius 3 is 2.40 bits per heavy atom. The third-order valence-electron chi connectivity index (χ3n) is 3.66. The second kappa shape index (κ2) is 6.54. The van der Waals surface area contributed by atoms with E-state index in [2.05, 4.69) is 5.32 Å². The fourth-order valence-corrected chi connectivity index (χ4v) is 2.55. The highest BCUT2D eigenvalue weighted by Crippen LogP contribution is 2.31. The maximum absolute atomic E-state index is 14.1. The first-order chi connectivity index (χ1) is 9.50. The molecule has 1 atom stereocenters. The summed E-state index contributed by atoms with van der Waals surface area (Å²) in [4.78, 5) is 1.79. The average Bonchev–Trinajstić information content (AvgIpc) is 2.44. The first-order valence-corrected chi connectivity index (χ1v) is 6.68. The molecule has 0 spiro atoms. The maximum atomic E-state index is 14.1. The molecule has 1 fully saturated rings. The van der Waals surface area contributed by atoms with Crippen LogP contribution in [0.2, 0.25) is 0 Å². The van der Waals surface area contributed by atoms with Crippen LogP contribution in [-0.2, 0) is 0 Å². The van der Waals surface area contributed by atoms with Gasteiger partial charge >= 0.3 is 0 Å². The van der Waals surface area contributed by atoms with E-state index in [1.807, 2.05) is 0 Å². The van der Waals surface area contributed by atoms with Crippen molar-refractivity contribution in [3.63, 3.8) is 0 Å². The summed E-state index contributed by atoms with van der Waals surface area (Å²) in [7, 11) is 0. The monoisotopic (exact) mass is 290 g/mol. The Balaban J connectivity index is 2.32. The van der Waals surface area contributed by atoms with Gasteiger partial charge in [0.1, 0.15) is 0 Å². The highest BCUT2D eigenvalue weighted by atomic mass is 19.3. The molecule has 1 heterocycles. The summed E-state index contributed by atoms with van der Waals surface area (Å²) in [6.45, 7) is 3.87. The number of halogens is 4. The fourth-order valence-electron chi connectivity index (χ4n) is 2.55.